The topological polar surface area (TPSA) is 20.2 Å². The lowest BCUT2D eigenvalue weighted by Gasteiger charge is -2.28. The molecule has 0 saturated carbocycles. The highest BCUT2D eigenvalue weighted by Crippen LogP contribution is 2.44. The largest absolute Gasteiger partial charge is 0.383 e. The van der Waals surface area contributed by atoms with Crippen molar-refractivity contribution in [2.45, 2.75) is 23.8 Å². The summed E-state index contributed by atoms with van der Waals surface area (Å²) in [5.41, 5.74) is 6.69. The maximum atomic E-state index is 10.9. The van der Waals surface area contributed by atoms with E-state index in [9.17, 15) is 5.11 Å². The van der Waals surface area contributed by atoms with E-state index in [1.54, 1.807) is 6.92 Å². The fourth-order valence-electron chi connectivity index (χ4n) is 3.69. The van der Waals surface area contributed by atoms with Crippen LogP contribution < -0.4 is 0 Å². The van der Waals surface area contributed by atoms with E-state index in [0.29, 0.717) is 0 Å². The number of hydrogen-bond donors (Lipinski definition) is 1. The second kappa shape index (κ2) is 6.17. The van der Waals surface area contributed by atoms with Gasteiger partial charge in [-0.15, -0.1) is 23.2 Å². The predicted octanol–water partition coefficient (Wildman–Crippen LogP) is 5.94. The first-order valence-corrected chi connectivity index (χ1v) is 9.18. The van der Waals surface area contributed by atoms with Crippen molar-refractivity contribution in [2.24, 2.45) is 0 Å². The summed E-state index contributed by atoms with van der Waals surface area (Å²) >= 11 is 12.1. The van der Waals surface area contributed by atoms with E-state index >= 15 is 0 Å². The van der Waals surface area contributed by atoms with Gasteiger partial charge < -0.3 is 5.11 Å². The molecule has 0 heterocycles. The third-order valence-corrected chi connectivity index (χ3v) is 5.89. The van der Waals surface area contributed by atoms with Crippen LogP contribution in [0.4, 0.5) is 0 Å². The highest BCUT2D eigenvalue weighted by Gasteiger charge is 2.34. The van der Waals surface area contributed by atoms with E-state index in [-0.39, 0.29) is 0 Å². The molecular weight excluding hydrogens is 351 g/mol. The van der Waals surface area contributed by atoms with Gasteiger partial charge in [-0.2, -0.15) is 0 Å². The van der Waals surface area contributed by atoms with Gasteiger partial charge >= 0.3 is 0 Å². The summed E-state index contributed by atoms with van der Waals surface area (Å²) in [6.07, 6.45) is 0.892. The smallest absolute Gasteiger partial charge is 0.140 e. The van der Waals surface area contributed by atoms with E-state index in [1.807, 2.05) is 24.3 Å². The van der Waals surface area contributed by atoms with Crippen LogP contribution >= 0.6 is 23.2 Å². The molecular formula is C22H18Cl2O. The molecule has 0 spiro atoms. The Morgan fingerprint density at radius 1 is 0.800 bits per heavy atom. The van der Waals surface area contributed by atoms with Gasteiger partial charge in [-0.25, -0.2) is 0 Å². The fourth-order valence-corrected chi connectivity index (χ4v) is 3.92. The lowest BCUT2D eigenvalue weighted by Crippen LogP contribution is -2.29. The Bertz CT molecular complexity index is 944. The number of rotatable bonds is 3. The molecule has 1 nitrogen and oxygen atoms in total. The molecule has 4 rings (SSSR count). The Kier molecular flexibility index (Phi) is 4.11. The maximum absolute atomic E-state index is 10.9. The number of aliphatic hydroxyl groups is 1. The molecule has 3 aromatic rings. The second-order valence-corrected chi connectivity index (χ2v) is 7.76. The number of alkyl halides is 2. The summed E-state index contributed by atoms with van der Waals surface area (Å²) in [5, 5.41) is 10.9. The third-order valence-electron chi connectivity index (χ3n) is 5.04. The van der Waals surface area contributed by atoms with Crippen molar-refractivity contribution < 1.29 is 5.11 Å². The lowest BCUT2D eigenvalue weighted by atomic mass is 9.86. The Morgan fingerprint density at radius 2 is 1.36 bits per heavy atom. The summed E-state index contributed by atoms with van der Waals surface area (Å²) in [6.45, 7) is 1.66. The Morgan fingerprint density at radius 3 is 2.08 bits per heavy atom. The molecule has 0 aliphatic heterocycles. The molecule has 1 unspecified atom stereocenters. The molecule has 0 radical (unpaired) electrons. The molecule has 25 heavy (non-hydrogen) atoms. The first kappa shape index (κ1) is 16.7. The monoisotopic (exact) mass is 368 g/mol. The van der Waals surface area contributed by atoms with Crippen LogP contribution in [-0.2, 0) is 12.0 Å². The highest BCUT2D eigenvalue weighted by atomic mass is 35.5. The van der Waals surface area contributed by atoms with Crippen LogP contribution in [0.15, 0.2) is 66.7 Å². The van der Waals surface area contributed by atoms with Gasteiger partial charge in [-0.1, -0.05) is 66.7 Å². The molecule has 1 aliphatic carbocycles. The van der Waals surface area contributed by atoms with Crippen LogP contribution in [0.25, 0.3) is 22.3 Å². The SMILES string of the molecule is CC(O)(c1ccccc1-c1cccc2c1Cc1ccccc1-2)C(Cl)Cl. The fraction of sp³-hybridized carbons (Fsp3) is 0.182. The lowest BCUT2D eigenvalue weighted by molar-refractivity contribution is 0.0727. The summed E-state index contributed by atoms with van der Waals surface area (Å²) in [6, 6.07) is 22.6. The average Bonchev–Trinajstić information content (AvgIpc) is 3.00. The molecule has 0 fully saturated rings. The minimum absolute atomic E-state index is 0.745. The normalized spacial score (nSPS) is 14.9. The van der Waals surface area contributed by atoms with Crippen molar-refractivity contribution in [3.63, 3.8) is 0 Å². The van der Waals surface area contributed by atoms with Crippen LogP contribution in [0.5, 0.6) is 0 Å². The minimum atomic E-state index is -1.33. The number of fused-ring (bicyclic) bond motifs is 3. The molecule has 3 aromatic carbocycles. The van der Waals surface area contributed by atoms with Crippen LogP contribution in [-0.4, -0.2) is 9.94 Å². The molecule has 3 heteroatoms. The van der Waals surface area contributed by atoms with Gasteiger partial charge in [0, 0.05) is 0 Å². The standard InChI is InChI=1S/C22H18Cl2O/c1-22(25,21(23)24)20-12-5-4-9-18(20)17-11-6-10-16-15-8-3-2-7-14(15)13-19(16)17/h2-12,21,25H,13H2,1H3. The molecule has 0 amide bonds. The van der Waals surface area contributed by atoms with Gasteiger partial charge in [0.25, 0.3) is 0 Å². The molecule has 1 atom stereocenters. The average molecular weight is 369 g/mol. The van der Waals surface area contributed by atoms with Crippen LogP contribution in [0.3, 0.4) is 0 Å². The zero-order valence-electron chi connectivity index (χ0n) is 13.8. The molecule has 126 valence electrons. The molecule has 1 aliphatic rings. The first-order valence-electron chi connectivity index (χ1n) is 8.30. The first-order chi connectivity index (χ1) is 12.0. The van der Waals surface area contributed by atoms with Crippen molar-refractivity contribution in [3.05, 3.63) is 83.4 Å². The van der Waals surface area contributed by atoms with Crippen LogP contribution in [0.1, 0.15) is 23.6 Å². The van der Waals surface area contributed by atoms with Gasteiger partial charge in [-0.05, 0) is 52.3 Å². The zero-order chi connectivity index (χ0) is 17.6. The maximum Gasteiger partial charge on any atom is 0.140 e. The molecule has 0 aromatic heterocycles. The molecule has 1 N–H and O–H groups in total. The van der Waals surface area contributed by atoms with E-state index in [2.05, 4.69) is 42.5 Å². The summed E-state index contributed by atoms with van der Waals surface area (Å²) < 4.78 is 0. The number of hydrogen-bond acceptors (Lipinski definition) is 1. The Balaban J connectivity index is 1.92. The molecule has 0 saturated heterocycles. The minimum Gasteiger partial charge on any atom is -0.383 e. The van der Waals surface area contributed by atoms with Gasteiger partial charge in [0.05, 0.1) is 0 Å². The summed E-state index contributed by atoms with van der Waals surface area (Å²) in [7, 11) is 0. The van der Waals surface area contributed by atoms with Crippen molar-refractivity contribution in [3.8, 4) is 22.3 Å². The number of halogens is 2. The van der Waals surface area contributed by atoms with Crippen molar-refractivity contribution >= 4 is 23.2 Å². The van der Waals surface area contributed by atoms with Crippen molar-refractivity contribution in [2.75, 3.05) is 0 Å². The van der Waals surface area contributed by atoms with Gasteiger partial charge in [0.1, 0.15) is 10.4 Å². The van der Waals surface area contributed by atoms with Crippen LogP contribution in [0.2, 0.25) is 0 Å². The Labute approximate surface area is 157 Å². The van der Waals surface area contributed by atoms with E-state index < -0.39 is 10.4 Å². The van der Waals surface area contributed by atoms with E-state index in [4.69, 9.17) is 23.2 Å². The highest BCUT2D eigenvalue weighted by molar-refractivity contribution is 6.45. The van der Waals surface area contributed by atoms with Crippen molar-refractivity contribution in [1.29, 1.82) is 0 Å². The van der Waals surface area contributed by atoms with E-state index in [1.165, 1.54) is 22.3 Å². The van der Waals surface area contributed by atoms with Gasteiger partial charge in [0.2, 0.25) is 0 Å². The Hall–Kier alpha value is -1.80. The third kappa shape index (κ3) is 2.67. The van der Waals surface area contributed by atoms with Crippen molar-refractivity contribution in [1.82, 2.24) is 0 Å². The zero-order valence-corrected chi connectivity index (χ0v) is 15.4. The summed E-state index contributed by atoms with van der Waals surface area (Å²) in [4.78, 5) is -0.914. The number of benzene rings is 3. The van der Waals surface area contributed by atoms with Gasteiger partial charge in [-0.3, -0.25) is 0 Å². The van der Waals surface area contributed by atoms with E-state index in [0.717, 1.165) is 23.1 Å². The predicted molar refractivity (Wildman–Crippen MR) is 105 cm³/mol. The second-order valence-electron chi connectivity index (χ2n) is 6.66. The van der Waals surface area contributed by atoms with Gasteiger partial charge in [0.15, 0.2) is 0 Å². The quantitative estimate of drug-likeness (QED) is 0.444. The molecule has 0 bridgehead atoms. The summed E-state index contributed by atoms with van der Waals surface area (Å²) in [5.74, 6) is 0. The van der Waals surface area contributed by atoms with Crippen LogP contribution in [0, 0.1) is 0 Å².